The van der Waals surface area contributed by atoms with Gasteiger partial charge in [-0.25, -0.2) is 13.1 Å². The molecule has 4 aromatic rings. The normalized spacial score (nSPS) is 13.7. The summed E-state index contributed by atoms with van der Waals surface area (Å²) in [5.41, 5.74) is 0.453. The van der Waals surface area contributed by atoms with E-state index < -0.39 is 33.6 Å². The maximum Gasteiger partial charge on any atom is 0.416 e. The van der Waals surface area contributed by atoms with Crippen molar-refractivity contribution in [1.82, 2.24) is 9.62 Å². The number of nitrogens with zero attached hydrogens (tertiary/aromatic N) is 1. The number of carbonyl (C=O) groups is 2. The van der Waals surface area contributed by atoms with E-state index in [2.05, 4.69) is 0 Å². The second-order valence-corrected chi connectivity index (χ2v) is 10.7. The van der Waals surface area contributed by atoms with Gasteiger partial charge in [-0.15, -0.1) is 0 Å². The molecule has 0 saturated heterocycles. The molecule has 0 saturated carbocycles. The molecule has 1 aliphatic rings. The third kappa shape index (κ3) is 5.12. The molecule has 0 fully saturated rings. The molecule has 6 nitrogen and oxygen atoms in total. The molecule has 10 heteroatoms. The monoisotopic (exact) mass is 538 g/mol. The van der Waals surface area contributed by atoms with E-state index in [1.807, 2.05) is 16.9 Å². The number of hydrogen-bond donors (Lipinski definition) is 1. The summed E-state index contributed by atoms with van der Waals surface area (Å²) < 4.78 is 67.1. The second kappa shape index (κ2) is 9.60. The Morgan fingerprint density at radius 1 is 0.789 bits per heavy atom. The van der Waals surface area contributed by atoms with Crippen molar-refractivity contribution >= 4 is 32.6 Å². The summed E-state index contributed by atoms with van der Waals surface area (Å²) in [6.45, 7) is 0.287. The average molecular weight is 539 g/mol. The Labute approximate surface area is 216 Å². The Balaban J connectivity index is 1.33. The van der Waals surface area contributed by atoms with Crippen LogP contribution in [0.3, 0.4) is 0 Å². The summed E-state index contributed by atoms with van der Waals surface area (Å²) in [6, 6.07) is 20.8. The summed E-state index contributed by atoms with van der Waals surface area (Å²) in [5, 5.41) is 1.54. The van der Waals surface area contributed by atoms with E-state index in [0.29, 0.717) is 23.9 Å². The summed E-state index contributed by atoms with van der Waals surface area (Å²) >= 11 is 0. The number of halogens is 3. The van der Waals surface area contributed by atoms with Crippen molar-refractivity contribution in [3.8, 4) is 0 Å². The highest BCUT2D eigenvalue weighted by Crippen LogP contribution is 2.32. The predicted molar refractivity (Wildman–Crippen MR) is 135 cm³/mol. The number of fused-ring (bicyclic) bond motifs is 2. The lowest BCUT2D eigenvalue weighted by molar-refractivity contribution is -0.137. The van der Waals surface area contributed by atoms with Gasteiger partial charge in [0, 0.05) is 24.2 Å². The van der Waals surface area contributed by atoms with Gasteiger partial charge in [-0.1, -0.05) is 42.5 Å². The molecule has 194 valence electrons. The van der Waals surface area contributed by atoms with Crippen LogP contribution in [0.5, 0.6) is 0 Å². The fraction of sp³-hybridized carbons (Fsp3) is 0.143. The molecule has 1 aliphatic heterocycles. The van der Waals surface area contributed by atoms with Crippen LogP contribution < -0.4 is 4.72 Å². The van der Waals surface area contributed by atoms with Crippen LogP contribution in [0.25, 0.3) is 10.8 Å². The zero-order chi connectivity index (χ0) is 27.1. The first kappa shape index (κ1) is 25.5. The van der Waals surface area contributed by atoms with Crippen molar-refractivity contribution in [1.29, 1.82) is 0 Å². The molecule has 0 radical (unpaired) electrons. The molecular formula is C28H21F3N2O4S. The molecule has 4 aromatic carbocycles. The van der Waals surface area contributed by atoms with Gasteiger partial charge in [0.05, 0.1) is 10.5 Å². The molecule has 0 atom stereocenters. The maximum atomic E-state index is 13.2. The first-order chi connectivity index (χ1) is 18.0. The van der Waals surface area contributed by atoms with Crippen LogP contribution in [0, 0.1) is 0 Å². The minimum atomic E-state index is -4.49. The third-order valence-electron chi connectivity index (χ3n) is 6.46. The molecule has 5 rings (SSSR count). The summed E-state index contributed by atoms with van der Waals surface area (Å²) in [7, 11) is -4.19. The topological polar surface area (TPSA) is 83.5 Å². The van der Waals surface area contributed by atoms with Crippen molar-refractivity contribution in [3.05, 3.63) is 113 Å². The van der Waals surface area contributed by atoms with Crippen LogP contribution in [0.15, 0.2) is 89.8 Å². The van der Waals surface area contributed by atoms with E-state index >= 15 is 0 Å². The van der Waals surface area contributed by atoms with Gasteiger partial charge in [-0.3, -0.25) is 9.59 Å². The molecule has 1 heterocycles. The standard InChI is InChI=1S/C28H21F3N2O4S/c29-28(30,31)24-10-8-19-12-13-33(17-23(19)15-24)27(35)22-7-3-6-21(14-22)26(34)32-38(36,37)25-11-9-18-4-1-2-5-20(18)16-25/h1-11,14-16H,12-13,17H2,(H,32,34). The van der Waals surface area contributed by atoms with Crippen LogP contribution in [-0.4, -0.2) is 31.7 Å². The Kier molecular flexibility index (Phi) is 6.44. The largest absolute Gasteiger partial charge is 0.416 e. The molecule has 0 bridgehead atoms. The number of hydrogen-bond acceptors (Lipinski definition) is 4. The lowest BCUT2D eigenvalue weighted by Gasteiger charge is -2.29. The smallest absolute Gasteiger partial charge is 0.334 e. The molecule has 38 heavy (non-hydrogen) atoms. The van der Waals surface area contributed by atoms with Gasteiger partial charge in [0.15, 0.2) is 0 Å². The van der Waals surface area contributed by atoms with Gasteiger partial charge < -0.3 is 4.90 Å². The lowest BCUT2D eigenvalue weighted by atomic mass is 9.96. The van der Waals surface area contributed by atoms with Gasteiger partial charge in [0.25, 0.3) is 21.8 Å². The van der Waals surface area contributed by atoms with Crippen molar-refractivity contribution in [2.75, 3.05) is 6.54 Å². The van der Waals surface area contributed by atoms with Gasteiger partial charge in [-0.2, -0.15) is 13.2 Å². The molecule has 1 N–H and O–H groups in total. The zero-order valence-electron chi connectivity index (χ0n) is 19.8. The molecule has 0 aliphatic carbocycles. The number of amides is 2. The highest BCUT2D eigenvalue weighted by atomic mass is 32.2. The first-order valence-electron chi connectivity index (χ1n) is 11.7. The van der Waals surface area contributed by atoms with Crippen molar-refractivity contribution < 1.29 is 31.2 Å². The van der Waals surface area contributed by atoms with Crippen LogP contribution in [0.4, 0.5) is 13.2 Å². The van der Waals surface area contributed by atoms with Crippen LogP contribution in [0.2, 0.25) is 0 Å². The number of benzene rings is 4. The van der Waals surface area contributed by atoms with Crippen molar-refractivity contribution in [2.45, 2.75) is 24.0 Å². The summed E-state index contributed by atoms with van der Waals surface area (Å²) in [6.07, 6.45) is -4.10. The van der Waals surface area contributed by atoms with Crippen molar-refractivity contribution in [3.63, 3.8) is 0 Å². The number of alkyl halides is 3. The predicted octanol–water partition coefficient (Wildman–Crippen LogP) is 5.18. The highest BCUT2D eigenvalue weighted by Gasteiger charge is 2.32. The average Bonchev–Trinajstić information content (AvgIpc) is 2.91. The Bertz CT molecular complexity index is 1680. The summed E-state index contributed by atoms with van der Waals surface area (Å²) in [5.74, 6) is -1.38. The van der Waals surface area contributed by atoms with E-state index in [-0.39, 0.29) is 22.6 Å². The molecule has 0 spiro atoms. The van der Waals surface area contributed by atoms with Crippen LogP contribution >= 0.6 is 0 Å². The minimum Gasteiger partial charge on any atom is -0.334 e. The lowest BCUT2D eigenvalue weighted by Crippen LogP contribution is -2.36. The number of rotatable bonds is 4. The number of sulfonamides is 1. The Morgan fingerprint density at radius 2 is 1.53 bits per heavy atom. The van der Waals surface area contributed by atoms with E-state index in [1.54, 1.807) is 18.2 Å². The third-order valence-corrected chi connectivity index (χ3v) is 7.79. The molecule has 0 aromatic heterocycles. The molecule has 0 unspecified atom stereocenters. The molecule has 2 amide bonds. The van der Waals surface area contributed by atoms with E-state index in [4.69, 9.17) is 0 Å². The Hall–Kier alpha value is -4.18. The molecular weight excluding hydrogens is 517 g/mol. The first-order valence-corrected chi connectivity index (χ1v) is 13.1. The fourth-order valence-electron chi connectivity index (χ4n) is 4.46. The fourth-order valence-corrected chi connectivity index (χ4v) is 5.47. The van der Waals surface area contributed by atoms with Crippen LogP contribution in [-0.2, 0) is 29.2 Å². The van der Waals surface area contributed by atoms with Gasteiger partial charge in [0.1, 0.15) is 0 Å². The van der Waals surface area contributed by atoms with Gasteiger partial charge >= 0.3 is 6.18 Å². The highest BCUT2D eigenvalue weighted by molar-refractivity contribution is 7.90. The van der Waals surface area contributed by atoms with Crippen LogP contribution in [0.1, 0.15) is 37.4 Å². The number of carbonyl (C=O) groups excluding carboxylic acids is 2. The second-order valence-electron chi connectivity index (χ2n) is 8.98. The van der Waals surface area contributed by atoms with E-state index in [1.165, 1.54) is 47.4 Å². The van der Waals surface area contributed by atoms with E-state index in [0.717, 1.165) is 23.1 Å². The van der Waals surface area contributed by atoms with E-state index in [9.17, 15) is 31.2 Å². The maximum absolute atomic E-state index is 13.2. The van der Waals surface area contributed by atoms with Gasteiger partial charge in [-0.05, 0) is 70.8 Å². The quantitative estimate of drug-likeness (QED) is 0.388. The SMILES string of the molecule is O=C(NS(=O)(=O)c1ccc2ccccc2c1)c1cccc(C(=O)N2CCc3ccc(C(F)(F)F)cc3C2)c1. The summed E-state index contributed by atoms with van der Waals surface area (Å²) in [4.78, 5) is 27.3. The van der Waals surface area contributed by atoms with Gasteiger partial charge in [0.2, 0.25) is 0 Å². The minimum absolute atomic E-state index is 0.00907. The zero-order valence-corrected chi connectivity index (χ0v) is 20.6. The Morgan fingerprint density at radius 3 is 2.29 bits per heavy atom. The number of nitrogens with one attached hydrogen (secondary N) is 1. The van der Waals surface area contributed by atoms with Crippen molar-refractivity contribution in [2.24, 2.45) is 0 Å².